The highest BCUT2D eigenvalue weighted by Crippen LogP contribution is 2.23. The summed E-state index contributed by atoms with van der Waals surface area (Å²) in [4.78, 5) is 11.8. The first-order valence-corrected chi connectivity index (χ1v) is 13.1. The molecule has 1 fully saturated rings. The third kappa shape index (κ3) is 6.96. The summed E-state index contributed by atoms with van der Waals surface area (Å²) >= 11 is 0. The highest BCUT2D eigenvalue weighted by molar-refractivity contribution is 5.59. The lowest BCUT2D eigenvalue weighted by atomic mass is 10.1. The molecule has 0 aliphatic carbocycles. The third-order valence-electron chi connectivity index (χ3n) is 6.86. The summed E-state index contributed by atoms with van der Waals surface area (Å²) in [5, 5.41) is 4.32. The summed E-state index contributed by atoms with van der Waals surface area (Å²) in [6, 6.07) is 26.4. The maximum atomic E-state index is 5.90. The van der Waals surface area contributed by atoms with Crippen LogP contribution in [0.1, 0.15) is 18.2 Å². The van der Waals surface area contributed by atoms with Crippen molar-refractivity contribution in [2.24, 2.45) is 0 Å². The van der Waals surface area contributed by atoms with Gasteiger partial charge in [-0.15, -0.1) is 0 Å². The summed E-state index contributed by atoms with van der Waals surface area (Å²) < 4.78 is 11.6. The van der Waals surface area contributed by atoms with Crippen LogP contribution in [-0.2, 0) is 13.2 Å². The highest BCUT2D eigenvalue weighted by atomic mass is 16.5. The van der Waals surface area contributed by atoms with Crippen LogP contribution in [0, 0.1) is 0 Å². The van der Waals surface area contributed by atoms with Crippen LogP contribution in [0.4, 0.5) is 5.82 Å². The average Bonchev–Trinajstić information content (AvgIpc) is 3.44. The van der Waals surface area contributed by atoms with Crippen LogP contribution >= 0.6 is 0 Å². The molecule has 5 rings (SSSR count). The van der Waals surface area contributed by atoms with E-state index in [2.05, 4.69) is 56.0 Å². The van der Waals surface area contributed by atoms with Crippen LogP contribution in [0.2, 0.25) is 0 Å². The van der Waals surface area contributed by atoms with E-state index in [1.54, 1.807) is 0 Å². The zero-order chi connectivity index (χ0) is 25.3. The van der Waals surface area contributed by atoms with Crippen molar-refractivity contribution in [2.45, 2.75) is 20.1 Å². The molecule has 0 N–H and O–H groups in total. The smallest absolute Gasteiger partial charge is 0.151 e. The van der Waals surface area contributed by atoms with Crippen LogP contribution < -0.4 is 9.64 Å². The summed E-state index contributed by atoms with van der Waals surface area (Å²) in [5.41, 5.74) is 3.03. The first-order chi connectivity index (χ1) is 18.3. The van der Waals surface area contributed by atoms with Crippen molar-refractivity contribution in [2.75, 3.05) is 50.7 Å². The SMILES string of the molecule is CCN(CCN1CCN(c2ccccn2)CC1)Cc1cc(-c2ccc(OCc3ccccc3)cc2)no1. The second kappa shape index (κ2) is 12.5. The van der Waals surface area contributed by atoms with Crippen molar-refractivity contribution < 1.29 is 9.26 Å². The van der Waals surface area contributed by atoms with Gasteiger partial charge in [-0.25, -0.2) is 4.98 Å². The van der Waals surface area contributed by atoms with E-state index in [4.69, 9.17) is 9.26 Å². The number of likely N-dealkylation sites (N-methyl/N-ethyl adjacent to an activating group) is 1. The Labute approximate surface area is 219 Å². The van der Waals surface area contributed by atoms with E-state index in [0.717, 1.165) is 86.5 Å². The molecule has 0 bridgehead atoms. The molecule has 7 heteroatoms. The van der Waals surface area contributed by atoms with Crippen molar-refractivity contribution >= 4 is 5.82 Å². The van der Waals surface area contributed by atoms with Crippen molar-refractivity contribution in [3.63, 3.8) is 0 Å². The van der Waals surface area contributed by atoms with Gasteiger partial charge in [0.1, 0.15) is 23.9 Å². The molecule has 1 aliphatic rings. The Morgan fingerprint density at radius 1 is 0.919 bits per heavy atom. The predicted molar refractivity (Wildman–Crippen MR) is 147 cm³/mol. The molecule has 1 saturated heterocycles. The van der Waals surface area contributed by atoms with E-state index in [-0.39, 0.29) is 0 Å². The van der Waals surface area contributed by atoms with Crippen LogP contribution in [0.25, 0.3) is 11.3 Å². The van der Waals surface area contributed by atoms with Gasteiger partial charge in [0.15, 0.2) is 5.76 Å². The number of nitrogens with zero attached hydrogens (tertiary/aromatic N) is 5. The second-order valence-corrected chi connectivity index (χ2v) is 9.36. The van der Waals surface area contributed by atoms with Gasteiger partial charge in [-0.3, -0.25) is 9.80 Å². The van der Waals surface area contributed by atoms with Crippen molar-refractivity contribution in [1.29, 1.82) is 0 Å². The summed E-state index contributed by atoms with van der Waals surface area (Å²) in [6.07, 6.45) is 1.87. The molecule has 1 aliphatic heterocycles. The fraction of sp³-hybridized carbons (Fsp3) is 0.333. The number of aromatic nitrogens is 2. The van der Waals surface area contributed by atoms with Crippen LogP contribution in [0.5, 0.6) is 5.75 Å². The van der Waals surface area contributed by atoms with Crippen LogP contribution in [-0.4, -0.2) is 65.8 Å². The molecule has 0 spiro atoms. The third-order valence-corrected chi connectivity index (χ3v) is 6.86. The maximum absolute atomic E-state index is 5.90. The molecule has 192 valence electrons. The Morgan fingerprint density at radius 3 is 2.43 bits per heavy atom. The molecule has 2 aromatic carbocycles. The summed E-state index contributed by atoms with van der Waals surface area (Å²) in [5.74, 6) is 2.81. The van der Waals surface area contributed by atoms with E-state index >= 15 is 0 Å². The summed E-state index contributed by atoms with van der Waals surface area (Å²) in [6.45, 7) is 10.7. The summed E-state index contributed by atoms with van der Waals surface area (Å²) in [7, 11) is 0. The van der Waals surface area contributed by atoms with E-state index in [9.17, 15) is 0 Å². The highest BCUT2D eigenvalue weighted by Gasteiger charge is 2.19. The van der Waals surface area contributed by atoms with Gasteiger partial charge in [0, 0.05) is 57.1 Å². The molecule has 7 nitrogen and oxygen atoms in total. The monoisotopic (exact) mass is 497 g/mol. The molecular formula is C30H35N5O2. The molecule has 0 radical (unpaired) electrons. The molecule has 0 unspecified atom stereocenters. The molecule has 0 saturated carbocycles. The lowest BCUT2D eigenvalue weighted by molar-refractivity contribution is 0.185. The van der Waals surface area contributed by atoms with E-state index in [0.29, 0.717) is 6.61 Å². The number of anilines is 1. The van der Waals surface area contributed by atoms with Crippen molar-refractivity contribution in [1.82, 2.24) is 19.9 Å². The van der Waals surface area contributed by atoms with E-state index in [1.807, 2.05) is 60.8 Å². The zero-order valence-corrected chi connectivity index (χ0v) is 21.5. The number of benzene rings is 2. The number of hydrogen-bond donors (Lipinski definition) is 0. The minimum absolute atomic E-state index is 0.557. The molecule has 3 heterocycles. The van der Waals surface area contributed by atoms with Gasteiger partial charge in [0.2, 0.25) is 0 Å². The average molecular weight is 498 g/mol. The van der Waals surface area contributed by atoms with Gasteiger partial charge in [0.05, 0.1) is 6.54 Å². The van der Waals surface area contributed by atoms with Gasteiger partial charge in [0.25, 0.3) is 0 Å². The fourth-order valence-electron chi connectivity index (χ4n) is 4.58. The number of rotatable bonds is 11. The normalized spacial score (nSPS) is 14.3. The largest absolute Gasteiger partial charge is 0.489 e. The van der Waals surface area contributed by atoms with Crippen molar-refractivity contribution in [3.8, 4) is 17.0 Å². The molecule has 2 aromatic heterocycles. The molecular weight excluding hydrogens is 462 g/mol. The minimum Gasteiger partial charge on any atom is -0.489 e. The molecule has 0 atom stereocenters. The Kier molecular flexibility index (Phi) is 8.46. The Balaban J connectivity index is 1.08. The Morgan fingerprint density at radius 2 is 1.70 bits per heavy atom. The van der Waals surface area contributed by atoms with Gasteiger partial charge in [-0.05, 0) is 48.5 Å². The molecule has 37 heavy (non-hydrogen) atoms. The second-order valence-electron chi connectivity index (χ2n) is 9.36. The lowest BCUT2D eigenvalue weighted by Crippen LogP contribution is -2.48. The van der Waals surface area contributed by atoms with E-state index in [1.165, 1.54) is 0 Å². The van der Waals surface area contributed by atoms with Crippen LogP contribution in [0.15, 0.2) is 89.6 Å². The number of piperazine rings is 1. The number of ether oxygens (including phenoxy) is 1. The standard InChI is InChI=1S/C30H35N5O2/c1-2-33(16-17-34-18-20-35(21-19-34)30-10-6-7-15-31-30)23-28-22-29(32-37-28)26-11-13-27(14-12-26)36-24-25-8-4-3-5-9-25/h3-15,22H,2,16-21,23-24H2,1H3. The Bertz CT molecular complexity index is 1210. The number of hydrogen-bond acceptors (Lipinski definition) is 7. The first kappa shape index (κ1) is 25.0. The Hall–Kier alpha value is -3.68. The lowest BCUT2D eigenvalue weighted by Gasteiger charge is -2.36. The van der Waals surface area contributed by atoms with Crippen LogP contribution in [0.3, 0.4) is 0 Å². The first-order valence-electron chi connectivity index (χ1n) is 13.1. The van der Waals surface area contributed by atoms with Crippen molar-refractivity contribution in [3.05, 3.63) is 96.4 Å². The van der Waals surface area contributed by atoms with E-state index < -0.39 is 0 Å². The predicted octanol–water partition coefficient (Wildman–Crippen LogP) is 4.96. The maximum Gasteiger partial charge on any atom is 0.151 e. The number of pyridine rings is 1. The quantitative estimate of drug-likeness (QED) is 0.290. The van der Waals surface area contributed by atoms with Gasteiger partial charge >= 0.3 is 0 Å². The topological polar surface area (TPSA) is 57.9 Å². The zero-order valence-electron chi connectivity index (χ0n) is 21.5. The molecule has 0 amide bonds. The van der Waals surface area contributed by atoms with Gasteiger partial charge in [-0.2, -0.15) is 0 Å². The van der Waals surface area contributed by atoms with Gasteiger partial charge < -0.3 is 14.2 Å². The van der Waals surface area contributed by atoms with Gasteiger partial charge in [-0.1, -0.05) is 48.5 Å². The fourth-order valence-corrected chi connectivity index (χ4v) is 4.58. The molecule has 4 aromatic rings. The minimum atomic E-state index is 0.557.